The first kappa shape index (κ1) is 18.6. The second-order valence-corrected chi connectivity index (χ2v) is 7.63. The quantitative estimate of drug-likeness (QED) is 0.914. The number of benzene rings is 1. The number of likely N-dealkylation sites (tertiary alicyclic amines) is 1. The Hall–Kier alpha value is -1.75. The summed E-state index contributed by atoms with van der Waals surface area (Å²) >= 11 is 0. The molecule has 0 aromatic heterocycles. The fourth-order valence-corrected chi connectivity index (χ4v) is 2.72. The lowest BCUT2D eigenvalue weighted by Crippen LogP contribution is -2.45. The number of carbonyl (C=O) groups excluding carboxylic acids is 1. The Morgan fingerprint density at radius 1 is 1.29 bits per heavy atom. The van der Waals surface area contributed by atoms with Crippen LogP contribution in [0.5, 0.6) is 5.75 Å². The van der Waals surface area contributed by atoms with E-state index in [0.717, 1.165) is 5.75 Å². The van der Waals surface area contributed by atoms with Crippen molar-refractivity contribution in [2.45, 2.75) is 64.7 Å². The molecule has 1 aromatic carbocycles. The van der Waals surface area contributed by atoms with Gasteiger partial charge in [0.1, 0.15) is 18.0 Å². The van der Waals surface area contributed by atoms with E-state index in [1.165, 1.54) is 5.56 Å². The Balaban J connectivity index is 1.97. The van der Waals surface area contributed by atoms with Crippen molar-refractivity contribution in [2.24, 2.45) is 0 Å². The summed E-state index contributed by atoms with van der Waals surface area (Å²) in [5.74, 6) is 1.21. The molecule has 0 saturated carbocycles. The number of rotatable bonds is 4. The zero-order valence-electron chi connectivity index (χ0n) is 15.3. The van der Waals surface area contributed by atoms with Crippen molar-refractivity contribution in [1.29, 1.82) is 0 Å². The van der Waals surface area contributed by atoms with Gasteiger partial charge in [0.25, 0.3) is 0 Å². The largest absolute Gasteiger partial charge is 0.491 e. The van der Waals surface area contributed by atoms with Gasteiger partial charge in [-0.25, -0.2) is 4.79 Å². The number of carbonyl (C=O) groups is 1. The first-order valence-electron chi connectivity index (χ1n) is 8.58. The van der Waals surface area contributed by atoms with Crippen molar-refractivity contribution < 1.29 is 19.4 Å². The Labute approximate surface area is 144 Å². The van der Waals surface area contributed by atoms with Gasteiger partial charge in [0.2, 0.25) is 0 Å². The van der Waals surface area contributed by atoms with Crippen molar-refractivity contribution >= 4 is 6.09 Å². The third-order valence-corrected chi connectivity index (χ3v) is 4.11. The lowest BCUT2D eigenvalue weighted by Gasteiger charge is -2.29. The Morgan fingerprint density at radius 2 is 1.92 bits per heavy atom. The van der Waals surface area contributed by atoms with Gasteiger partial charge >= 0.3 is 6.09 Å². The monoisotopic (exact) mass is 335 g/mol. The maximum Gasteiger partial charge on any atom is 0.410 e. The summed E-state index contributed by atoms with van der Waals surface area (Å²) in [4.78, 5) is 13.9. The Morgan fingerprint density at radius 3 is 2.46 bits per heavy atom. The van der Waals surface area contributed by atoms with E-state index in [1.807, 2.05) is 45.0 Å². The predicted octanol–water partition coefficient (Wildman–Crippen LogP) is 3.56. The number of aliphatic hydroxyl groups is 1. The van der Waals surface area contributed by atoms with Gasteiger partial charge in [-0.05, 0) is 50.8 Å². The molecule has 0 spiro atoms. The zero-order chi connectivity index (χ0) is 17.9. The molecule has 1 fully saturated rings. The number of ether oxygens (including phenoxy) is 2. The number of hydrogen-bond donors (Lipinski definition) is 1. The van der Waals surface area contributed by atoms with E-state index in [0.29, 0.717) is 18.9 Å². The van der Waals surface area contributed by atoms with Crippen LogP contribution in [0.2, 0.25) is 0 Å². The molecule has 134 valence electrons. The number of hydrogen-bond acceptors (Lipinski definition) is 4. The van der Waals surface area contributed by atoms with Gasteiger partial charge in [0.15, 0.2) is 0 Å². The van der Waals surface area contributed by atoms with E-state index in [1.54, 1.807) is 4.90 Å². The molecule has 1 saturated heterocycles. The van der Waals surface area contributed by atoms with Gasteiger partial charge in [-0.1, -0.05) is 26.0 Å². The van der Waals surface area contributed by atoms with Crippen LogP contribution in [0.3, 0.4) is 0 Å². The molecule has 2 rings (SSSR count). The highest BCUT2D eigenvalue weighted by Crippen LogP contribution is 2.23. The predicted molar refractivity (Wildman–Crippen MR) is 93.4 cm³/mol. The second-order valence-electron chi connectivity index (χ2n) is 7.63. The number of amides is 1. The van der Waals surface area contributed by atoms with E-state index in [2.05, 4.69) is 13.8 Å². The van der Waals surface area contributed by atoms with Crippen LogP contribution in [-0.2, 0) is 4.74 Å². The zero-order valence-corrected chi connectivity index (χ0v) is 15.3. The highest BCUT2D eigenvalue weighted by Gasteiger charge is 2.38. The third kappa shape index (κ3) is 4.87. The minimum atomic E-state index is -0.590. The van der Waals surface area contributed by atoms with E-state index in [4.69, 9.17) is 9.47 Å². The smallest absolute Gasteiger partial charge is 0.410 e. The molecule has 5 nitrogen and oxygen atoms in total. The standard InChI is InChI=1S/C19H29NO4/c1-13(2)14-6-8-15(9-7-14)23-12-16-17(21)10-11-20(16)18(22)24-19(3,4)5/h6-9,13,16-17,21H,10-12H2,1-5H3/t16-,17+/m0/s1. The highest BCUT2D eigenvalue weighted by molar-refractivity contribution is 5.69. The van der Waals surface area contributed by atoms with Crippen LogP contribution < -0.4 is 4.74 Å². The summed E-state index contributed by atoms with van der Waals surface area (Å²) in [6.45, 7) is 10.5. The van der Waals surface area contributed by atoms with Crippen LogP contribution in [0.4, 0.5) is 4.79 Å². The van der Waals surface area contributed by atoms with Crippen LogP contribution in [0.15, 0.2) is 24.3 Å². The fraction of sp³-hybridized carbons (Fsp3) is 0.632. The van der Waals surface area contributed by atoms with Crippen LogP contribution >= 0.6 is 0 Å². The third-order valence-electron chi connectivity index (χ3n) is 4.11. The van der Waals surface area contributed by atoms with E-state index >= 15 is 0 Å². The number of aliphatic hydroxyl groups excluding tert-OH is 1. The van der Waals surface area contributed by atoms with E-state index in [9.17, 15) is 9.90 Å². The average Bonchev–Trinajstić information content (AvgIpc) is 2.85. The molecule has 24 heavy (non-hydrogen) atoms. The van der Waals surface area contributed by atoms with E-state index < -0.39 is 17.8 Å². The van der Waals surface area contributed by atoms with Crippen molar-refractivity contribution in [1.82, 2.24) is 4.90 Å². The van der Waals surface area contributed by atoms with Crippen molar-refractivity contribution in [2.75, 3.05) is 13.2 Å². The maximum atomic E-state index is 12.3. The molecule has 0 aliphatic carbocycles. The van der Waals surface area contributed by atoms with Gasteiger partial charge in [0, 0.05) is 6.54 Å². The highest BCUT2D eigenvalue weighted by atomic mass is 16.6. The molecular weight excluding hydrogens is 306 g/mol. The van der Waals surface area contributed by atoms with Gasteiger partial charge in [-0.15, -0.1) is 0 Å². The van der Waals surface area contributed by atoms with Crippen molar-refractivity contribution in [3.63, 3.8) is 0 Å². The first-order chi connectivity index (χ1) is 11.2. The minimum absolute atomic E-state index is 0.251. The van der Waals surface area contributed by atoms with Crippen LogP contribution in [0.25, 0.3) is 0 Å². The molecule has 1 heterocycles. The summed E-state index contributed by atoms with van der Waals surface area (Å²) in [5.41, 5.74) is 0.696. The van der Waals surface area contributed by atoms with Gasteiger partial charge in [-0.2, -0.15) is 0 Å². The minimum Gasteiger partial charge on any atom is -0.491 e. The molecule has 0 radical (unpaired) electrons. The van der Waals surface area contributed by atoms with Crippen LogP contribution in [0.1, 0.15) is 52.5 Å². The average molecular weight is 335 g/mol. The summed E-state index contributed by atoms with van der Waals surface area (Å²) in [5, 5.41) is 10.2. The van der Waals surface area contributed by atoms with Gasteiger partial charge in [-0.3, -0.25) is 4.90 Å². The molecule has 0 bridgehead atoms. The second kappa shape index (κ2) is 7.43. The molecule has 2 atom stereocenters. The molecule has 1 N–H and O–H groups in total. The fourth-order valence-electron chi connectivity index (χ4n) is 2.72. The van der Waals surface area contributed by atoms with Crippen molar-refractivity contribution in [3.05, 3.63) is 29.8 Å². The van der Waals surface area contributed by atoms with Crippen molar-refractivity contribution in [3.8, 4) is 5.75 Å². The molecule has 1 aromatic rings. The molecule has 0 unspecified atom stereocenters. The summed E-state index contributed by atoms with van der Waals surface area (Å²) in [7, 11) is 0. The Kier molecular flexibility index (Phi) is 5.75. The maximum absolute atomic E-state index is 12.3. The van der Waals surface area contributed by atoms with E-state index in [-0.39, 0.29) is 12.6 Å². The number of nitrogens with zero attached hydrogens (tertiary/aromatic N) is 1. The van der Waals surface area contributed by atoms with Crippen LogP contribution in [0, 0.1) is 0 Å². The first-order valence-corrected chi connectivity index (χ1v) is 8.58. The molecule has 1 aliphatic rings. The molecule has 5 heteroatoms. The lowest BCUT2D eigenvalue weighted by atomic mass is 10.0. The lowest BCUT2D eigenvalue weighted by molar-refractivity contribution is 0.00863. The van der Waals surface area contributed by atoms with Crippen LogP contribution in [-0.4, -0.2) is 47.0 Å². The van der Waals surface area contributed by atoms with Gasteiger partial charge in [0.05, 0.1) is 12.1 Å². The topological polar surface area (TPSA) is 59.0 Å². The molecule has 1 amide bonds. The Bertz CT molecular complexity index is 547. The summed E-state index contributed by atoms with van der Waals surface area (Å²) in [6, 6.07) is 7.54. The normalized spacial score (nSPS) is 21.2. The van der Waals surface area contributed by atoms with Gasteiger partial charge < -0.3 is 14.6 Å². The molecule has 1 aliphatic heterocycles. The summed E-state index contributed by atoms with van der Waals surface area (Å²) < 4.78 is 11.2. The summed E-state index contributed by atoms with van der Waals surface area (Å²) in [6.07, 6.45) is -0.449. The molecular formula is C19H29NO4. The SMILES string of the molecule is CC(C)c1ccc(OC[C@H]2[C@H](O)CCN2C(=O)OC(C)(C)C)cc1.